The van der Waals surface area contributed by atoms with Gasteiger partial charge in [-0.3, -0.25) is 14.4 Å². The van der Waals surface area contributed by atoms with Gasteiger partial charge >= 0.3 is 0 Å². The van der Waals surface area contributed by atoms with Crippen molar-refractivity contribution in [2.45, 2.75) is 43.9 Å². The predicted octanol–water partition coefficient (Wildman–Crippen LogP) is 2.02. The van der Waals surface area contributed by atoms with E-state index < -0.39 is 41.6 Å². The first-order valence-corrected chi connectivity index (χ1v) is 10.7. The van der Waals surface area contributed by atoms with E-state index >= 15 is 0 Å². The molecular weight excluding hydrogens is 432 g/mol. The van der Waals surface area contributed by atoms with Gasteiger partial charge in [0.2, 0.25) is 11.8 Å². The summed E-state index contributed by atoms with van der Waals surface area (Å²) in [4.78, 5) is 39.3. The van der Waals surface area contributed by atoms with Crippen LogP contribution < -0.4 is 10.6 Å². The van der Waals surface area contributed by atoms with E-state index in [9.17, 15) is 28.3 Å². The van der Waals surface area contributed by atoms with E-state index in [1.54, 1.807) is 11.9 Å². The first-order chi connectivity index (χ1) is 15.7. The standard InChI is InChI=1S/C24H27F2N3O4/c1-14(27-23(32)21(30)17-10-18(25)12-19(26)11-17)22(31)28-20-9-8-16(13-29(2)24(20)33)15-6-4-3-5-7-15/h3-7,10-12,14,16,20-21,30H,8-9,13H2,1-2H3,(H,27,32)(H,28,31)/t14-,16-,20-,21-/m0/s1. The average molecular weight is 459 g/mol. The zero-order valence-electron chi connectivity index (χ0n) is 18.4. The van der Waals surface area contributed by atoms with Crippen molar-refractivity contribution < 1.29 is 28.3 Å². The van der Waals surface area contributed by atoms with E-state index in [4.69, 9.17) is 0 Å². The number of aliphatic hydroxyl groups is 1. The summed E-state index contributed by atoms with van der Waals surface area (Å²) in [5.41, 5.74) is 0.845. The number of carbonyl (C=O) groups is 3. The number of rotatable bonds is 6. The quantitative estimate of drug-likeness (QED) is 0.616. The van der Waals surface area contributed by atoms with Gasteiger partial charge in [0.05, 0.1) is 0 Å². The molecular formula is C24H27F2N3O4. The van der Waals surface area contributed by atoms with Gasteiger partial charge in [-0.15, -0.1) is 0 Å². The molecule has 0 bridgehead atoms. The number of likely N-dealkylation sites (N-methyl/N-ethyl adjacent to an activating group) is 1. The zero-order chi connectivity index (χ0) is 24.1. The first kappa shape index (κ1) is 24.3. The van der Waals surface area contributed by atoms with Crippen molar-refractivity contribution in [2.75, 3.05) is 13.6 Å². The highest BCUT2D eigenvalue weighted by Crippen LogP contribution is 2.26. The molecule has 176 valence electrons. The second-order valence-electron chi connectivity index (χ2n) is 8.30. The van der Waals surface area contributed by atoms with E-state index in [0.29, 0.717) is 25.5 Å². The maximum Gasteiger partial charge on any atom is 0.254 e. The van der Waals surface area contributed by atoms with Crippen LogP contribution in [0.3, 0.4) is 0 Å². The molecule has 0 aliphatic carbocycles. The number of carbonyl (C=O) groups excluding carboxylic acids is 3. The van der Waals surface area contributed by atoms with Crippen molar-refractivity contribution in [3.8, 4) is 0 Å². The molecule has 4 atom stereocenters. The second-order valence-corrected chi connectivity index (χ2v) is 8.30. The van der Waals surface area contributed by atoms with Crippen LogP contribution >= 0.6 is 0 Å². The molecule has 0 saturated carbocycles. The van der Waals surface area contributed by atoms with Gasteiger partial charge < -0.3 is 20.6 Å². The topological polar surface area (TPSA) is 98.7 Å². The van der Waals surface area contributed by atoms with Crippen LogP contribution in [0, 0.1) is 11.6 Å². The van der Waals surface area contributed by atoms with E-state index in [0.717, 1.165) is 17.7 Å². The average Bonchev–Trinajstić information content (AvgIpc) is 2.92. The predicted molar refractivity (Wildman–Crippen MR) is 117 cm³/mol. The molecule has 1 fully saturated rings. The van der Waals surface area contributed by atoms with E-state index in [1.807, 2.05) is 30.3 Å². The Bertz CT molecular complexity index is 998. The summed E-state index contributed by atoms with van der Waals surface area (Å²) in [5.74, 6) is -3.56. The van der Waals surface area contributed by atoms with Crippen LogP contribution in [0.15, 0.2) is 48.5 Å². The SMILES string of the molecule is C[C@H](NC(=O)[C@@H](O)c1cc(F)cc(F)c1)C(=O)N[C@H]1CC[C@H](c2ccccc2)CN(C)C1=O. The minimum absolute atomic E-state index is 0.140. The van der Waals surface area contributed by atoms with Crippen molar-refractivity contribution in [2.24, 2.45) is 0 Å². The lowest BCUT2D eigenvalue weighted by Gasteiger charge is -2.24. The fourth-order valence-corrected chi connectivity index (χ4v) is 3.94. The van der Waals surface area contributed by atoms with Crippen LogP contribution in [0.4, 0.5) is 8.78 Å². The number of nitrogens with zero attached hydrogens (tertiary/aromatic N) is 1. The molecule has 3 amide bonds. The van der Waals surface area contributed by atoms with Crippen LogP contribution in [0.25, 0.3) is 0 Å². The Kier molecular flexibility index (Phi) is 7.75. The fraction of sp³-hybridized carbons (Fsp3) is 0.375. The molecule has 1 aliphatic rings. The Morgan fingerprint density at radius 2 is 1.70 bits per heavy atom. The lowest BCUT2D eigenvalue weighted by atomic mass is 9.94. The fourth-order valence-electron chi connectivity index (χ4n) is 3.94. The summed E-state index contributed by atoms with van der Waals surface area (Å²) in [6.07, 6.45) is -0.738. The monoisotopic (exact) mass is 459 g/mol. The minimum Gasteiger partial charge on any atom is -0.378 e. The van der Waals surface area contributed by atoms with Crippen molar-refractivity contribution in [3.05, 3.63) is 71.3 Å². The molecule has 0 unspecified atom stereocenters. The molecule has 33 heavy (non-hydrogen) atoms. The second kappa shape index (κ2) is 10.5. The van der Waals surface area contributed by atoms with E-state index in [1.165, 1.54) is 6.92 Å². The molecule has 2 aromatic rings. The molecule has 1 heterocycles. The molecule has 3 rings (SSSR count). The highest BCUT2D eigenvalue weighted by Gasteiger charge is 2.32. The number of hydrogen-bond acceptors (Lipinski definition) is 4. The Balaban J connectivity index is 1.60. The van der Waals surface area contributed by atoms with Crippen molar-refractivity contribution in [3.63, 3.8) is 0 Å². The molecule has 9 heteroatoms. The van der Waals surface area contributed by atoms with Gasteiger partial charge in [-0.05, 0) is 43.0 Å². The van der Waals surface area contributed by atoms with Gasteiger partial charge in [0.1, 0.15) is 23.7 Å². The van der Waals surface area contributed by atoms with Gasteiger partial charge in [0.15, 0.2) is 6.10 Å². The van der Waals surface area contributed by atoms with Gasteiger partial charge in [-0.1, -0.05) is 30.3 Å². The number of likely N-dealkylation sites (tertiary alicyclic amines) is 1. The van der Waals surface area contributed by atoms with Gasteiger partial charge in [-0.2, -0.15) is 0 Å². The minimum atomic E-state index is -1.86. The largest absolute Gasteiger partial charge is 0.378 e. The van der Waals surface area contributed by atoms with Crippen LogP contribution in [-0.4, -0.2) is 53.4 Å². The number of hydrogen-bond donors (Lipinski definition) is 3. The van der Waals surface area contributed by atoms with Gasteiger partial charge in [0, 0.05) is 25.6 Å². The van der Waals surface area contributed by atoms with Crippen molar-refractivity contribution in [1.82, 2.24) is 15.5 Å². The maximum atomic E-state index is 13.4. The molecule has 0 radical (unpaired) electrons. The molecule has 7 nitrogen and oxygen atoms in total. The lowest BCUT2D eigenvalue weighted by Crippen LogP contribution is -2.53. The van der Waals surface area contributed by atoms with Crippen LogP contribution in [0.5, 0.6) is 0 Å². The summed E-state index contributed by atoms with van der Waals surface area (Å²) in [6, 6.07) is 10.3. The summed E-state index contributed by atoms with van der Waals surface area (Å²) in [6.45, 7) is 1.92. The molecule has 1 aliphatic heterocycles. The normalized spacial score (nSPS) is 20.5. The molecule has 1 saturated heterocycles. The zero-order valence-corrected chi connectivity index (χ0v) is 18.4. The van der Waals surface area contributed by atoms with Crippen LogP contribution in [-0.2, 0) is 14.4 Å². The Morgan fingerprint density at radius 1 is 1.06 bits per heavy atom. The number of nitrogens with one attached hydrogen (secondary N) is 2. The van der Waals surface area contributed by atoms with Gasteiger partial charge in [0.25, 0.3) is 5.91 Å². The number of halogens is 2. The molecule has 2 aromatic carbocycles. The van der Waals surface area contributed by atoms with Gasteiger partial charge in [-0.25, -0.2) is 8.78 Å². The smallest absolute Gasteiger partial charge is 0.254 e. The maximum absolute atomic E-state index is 13.4. The van der Waals surface area contributed by atoms with E-state index in [-0.39, 0.29) is 17.4 Å². The Labute approximate surface area is 190 Å². The summed E-state index contributed by atoms with van der Waals surface area (Å²) in [5, 5.41) is 15.1. The third-order valence-corrected chi connectivity index (χ3v) is 5.76. The highest BCUT2D eigenvalue weighted by atomic mass is 19.1. The van der Waals surface area contributed by atoms with Crippen molar-refractivity contribution >= 4 is 17.7 Å². The summed E-state index contributed by atoms with van der Waals surface area (Å²) >= 11 is 0. The van der Waals surface area contributed by atoms with E-state index in [2.05, 4.69) is 10.6 Å². The Hall–Kier alpha value is -3.33. The summed E-state index contributed by atoms with van der Waals surface area (Å²) < 4.78 is 26.7. The number of amides is 3. The van der Waals surface area contributed by atoms with Crippen LogP contribution in [0.2, 0.25) is 0 Å². The molecule has 3 N–H and O–H groups in total. The first-order valence-electron chi connectivity index (χ1n) is 10.7. The molecule has 0 aromatic heterocycles. The summed E-state index contributed by atoms with van der Waals surface area (Å²) in [7, 11) is 1.68. The van der Waals surface area contributed by atoms with Crippen LogP contribution in [0.1, 0.15) is 42.9 Å². The Morgan fingerprint density at radius 3 is 2.33 bits per heavy atom. The highest BCUT2D eigenvalue weighted by molar-refractivity contribution is 5.92. The third kappa shape index (κ3) is 6.13. The third-order valence-electron chi connectivity index (χ3n) is 5.76. The number of aliphatic hydroxyl groups excluding tert-OH is 1. The lowest BCUT2D eigenvalue weighted by molar-refractivity contribution is -0.137. The number of benzene rings is 2. The van der Waals surface area contributed by atoms with Crippen molar-refractivity contribution in [1.29, 1.82) is 0 Å². The molecule has 0 spiro atoms.